The molecule has 0 atom stereocenters. The molecule has 0 radical (unpaired) electrons. The van der Waals surface area contributed by atoms with Crippen molar-refractivity contribution in [3.05, 3.63) is 35.4 Å². The van der Waals surface area contributed by atoms with Crippen molar-refractivity contribution >= 4 is 0 Å². The molecule has 1 aromatic rings. The fraction of sp³-hybridized carbons (Fsp3) is 0.400. The van der Waals surface area contributed by atoms with Gasteiger partial charge < -0.3 is 5.73 Å². The number of hydrogen-bond donors (Lipinski definition) is 1. The van der Waals surface area contributed by atoms with E-state index in [1.165, 1.54) is 11.1 Å². The Morgan fingerprint density at radius 3 is 2.64 bits per heavy atom. The minimum atomic E-state index is 0.0338. The Labute approximate surface area is 67.2 Å². The predicted octanol–water partition coefficient (Wildman–Crippen LogP) is 1.94. The van der Waals surface area contributed by atoms with Crippen molar-refractivity contribution < 1.29 is 0 Å². The molecule has 58 valence electrons. The summed E-state index contributed by atoms with van der Waals surface area (Å²) in [6.07, 6.45) is 2.30. The monoisotopic (exact) mass is 147 g/mol. The highest BCUT2D eigenvalue weighted by molar-refractivity contribution is 5.32. The third-order valence-electron chi connectivity index (χ3n) is 2.38. The highest BCUT2D eigenvalue weighted by atomic mass is 14.8. The molecule has 1 aromatic carbocycles. The van der Waals surface area contributed by atoms with Gasteiger partial charge in [-0.1, -0.05) is 29.8 Å². The maximum atomic E-state index is 6.04. The first-order valence-electron chi connectivity index (χ1n) is 4.07. The van der Waals surface area contributed by atoms with Crippen LogP contribution < -0.4 is 5.73 Å². The summed E-state index contributed by atoms with van der Waals surface area (Å²) in [5, 5.41) is 0. The van der Waals surface area contributed by atoms with Crippen LogP contribution in [-0.4, -0.2) is 0 Å². The molecule has 1 fully saturated rings. The van der Waals surface area contributed by atoms with Crippen molar-refractivity contribution in [3.63, 3.8) is 0 Å². The van der Waals surface area contributed by atoms with Crippen LogP contribution in [0.4, 0.5) is 0 Å². The summed E-state index contributed by atoms with van der Waals surface area (Å²) >= 11 is 0. The van der Waals surface area contributed by atoms with Crippen LogP contribution in [0.2, 0.25) is 0 Å². The lowest BCUT2D eigenvalue weighted by molar-refractivity contribution is 0.739. The quantitative estimate of drug-likeness (QED) is 0.645. The molecular weight excluding hydrogens is 134 g/mol. The van der Waals surface area contributed by atoms with Gasteiger partial charge in [-0.2, -0.15) is 0 Å². The Balaban J connectivity index is 2.38. The van der Waals surface area contributed by atoms with Gasteiger partial charge in [0.15, 0.2) is 0 Å². The van der Waals surface area contributed by atoms with Gasteiger partial charge in [-0.15, -0.1) is 0 Å². The number of rotatable bonds is 1. The lowest BCUT2D eigenvalue weighted by atomic mass is 10.0. The molecule has 11 heavy (non-hydrogen) atoms. The van der Waals surface area contributed by atoms with Crippen molar-refractivity contribution in [1.82, 2.24) is 0 Å². The Bertz CT molecular complexity index is 274. The predicted molar refractivity (Wildman–Crippen MR) is 46.3 cm³/mol. The van der Waals surface area contributed by atoms with Crippen LogP contribution >= 0.6 is 0 Å². The van der Waals surface area contributed by atoms with Crippen LogP contribution in [0.1, 0.15) is 24.0 Å². The maximum Gasteiger partial charge on any atom is 0.0411 e. The zero-order valence-corrected chi connectivity index (χ0v) is 6.80. The normalized spacial score (nSPS) is 19.8. The molecule has 0 amide bonds. The summed E-state index contributed by atoms with van der Waals surface area (Å²) in [5.74, 6) is 0. The van der Waals surface area contributed by atoms with Crippen molar-refractivity contribution in [2.75, 3.05) is 0 Å². The van der Waals surface area contributed by atoms with E-state index in [1.807, 2.05) is 0 Å². The van der Waals surface area contributed by atoms with Gasteiger partial charge in [0, 0.05) is 5.54 Å². The summed E-state index contributed by atoms with van der Waals surface area (Å²) in [6, 6.07) is 8.50. The van der Waals surface area contributed by atoms with Crippen LogP contribution in [0.3, 0.4) is 0 Å². The van der Waals surface area contributed by atoms with Gasteiger partial charge in [-0.25, -0.2) is 0 Å². The Morgan fingerprint density at radius 1 is 1.36 bits per heavy atom. The van der Waals surface area contributed by atoms with E-state index >= 15 is 0 Å². The second kappa shape index (κ2) is 2.08. The molecule has 1 nitrogen and oxygen atoms in total. The second-order valence-electron chi connectivity index (χ2n) is 3.53. The molecule has 1 saturated carbocycles. The average molecular weight is 147 g/mol. The average Bonchev–Trinajstić information content (AvgIpc) is 2.70. The maximum absolute atomic E-state index is 6.04. The largest absolute Gasteiger partial charge is 0.321 e. The highest BCUT2D eigenvalue weighted by Gasteiger charge is 2.39. The van der Waals surface area contributed by atoms with E-state index in [0.717, 1.165) is 12.8 Å². The molecule has 0 heterocycles. The van der Waals surface area contributed by atoms with E-state index in [0.29, 0.717) is 0 Å². The summed E-state index contributed by atoms with van der Waals surface area (Å²) in [4.78, 5) is 0. The standard InChI is InChI=1S/C10H13N/c1-8-3-2-4-9(7-8)10(11)5-6-10/h2-4,7H,5-6,11H2,1H3. The Hall–Kier alpha value is -0.820. The van der Waals surface area contributed by atoms with Crippen LogP contribution in [0.25, 0.3) is 0 Å². The SMILES string of the molecule is Cc1cccc(C2(N)CC2)c1. The van der Waals surface area contributed by atoms with E-state index in [-0.39, 0.29) is 5.54 Å². The van der Waals surface area contributed by atoms with Gasteiger partial charge in [0.1, 0.15) is 0 Å². The van der Waals surface area contributed by atoms with Gasteiger partial charge in [-0.05, 0) is 25.3 Å². The lowest BCUT2D eigenvalue weighted by Crippen LogP contribution is -2.18. The molecule has 2 N–H and O–H groups in total. The zero-order valence-electron chi connectivity index (χ0n) is 6.80. The minimum Gasteiger partial charge on any atom is -0.321 e. The third-order valence-corrected chi connectivity index (χ3v) is 2.38. The summed E-state index contributed by atoms with van der Waals surface area (Å²) < 4.78 is 0. The number of hydrogen-bond acceptors (Lipinski definition) is 1. The van der Waals surface area contributed by atoms with Crippen molar-refractivity contribution in [2.45, 2.75) is 25.3 Å². The van der Waals surface area contributed by atoms with Crippen molar-refractivity contribution in [2.24, 2.45) is 5.73 Å². The van der Waals surface area contributed by atoms with E-state index in [2.05, 4.69) is 31.2 Å². The number of nitrogens with two attached hydrogens (primary N) is 1. The second-order valence-corrected chi connectivity index (χ2v) is 3.53. The lowest BCUT2D eigenvalue weighted by Gasteiger charge is -2.08. The molecule has 0 unspecified atom stereocenters. The molecular formula is C10H13N. The fourth-order valence-electron chi connectivity index (χ4n) is 1.38. The first kappa shape index (κ1) is 6.86. The first-order valence-corrected chi connectivity index (χ1v) is 4.07. The van der Waals surface area contributed by atoms with Gasteiger partial charge in [0.25, 0.3) is 0 Å². The van der Waals surface area contributed by atoms with Crippen LogP contribution in [-0.2, 0) is 5.54 Å². The topological polar surface area (TPSA) is 26.0 Å². The van der Waals surface area contributed by atoms with E-state index in [1.54, 1.807) is 0 Å². The molecule has 0 aromatic heterocycles. The first-order chi connectivity index (χ1) is 5.21. The van der Waals surface area contributed by atoms with E-state index in [4.69, 9.17) is 5.73 Å². The Morgan fingerprint density at radius 2 is 2.09 bits per heavy atom. The minimum absolute atomic E-state index is 0.0338. The molecule has 1 heteroatoms. The third kappa shape index (κ3) is 1.16. The van der Waals surface area contributed by atoms with Gasteiger partial charge >= 0.3 is 0 Å². The molecule has 0 saturated heterocycles. The van der Waals surface area contributed by atoms with Crippen LogP contribution in [0.5, 0.6) is 0 Å². The van der Waals surface area contributed by atoms with Crippen LogP contribution in [0.15, 0.2) is 24.3 Å². The van der Waals surface area contributed by atoms with E-state index in [9.17, 15) is 0 Å². The highest BCUT2D eigenvalue weighted by Crippen LogP contribution is 2.42. The summed E-state index contributed by atoms with van der Waals surface area (Å²) in [7, 11) is 0. The smallest absolute Gasteiger partial charge is 0.0411 e. The van der Waals surface area contributed by atoms with Crippen LogP contribution in [0, 0.1) is 6.92 Å². The van der Waals surface area contributed by atoms with E-state index < -0.39 is 0 Å². The summed E-state index contributed by atoms with van der Waals surface area (Å²) in [5.41, 5.74) is 8.68. The van der Waals surface area contributed by atoms with Gasteiger partial charge in [0.05, 0.1) is 0 Å². The van der Waals surface area contributed by atoms with Crippen molar-refractivity contribution in [1.29, 1.82) is 0 Å². The van der Waals surface area contributed by atoms with Crippen molar-refractivity contribution in [3.8, 4) is 0 Å². The Kier molecular flexibility index (Phi) is 1.30. The summed E-state index contributed by atoms with van der Waals surface area (Å²) in [6.45, 7) is 2.11. The number of aryl methyl sites for hydroxylation is 1. The molecule has 0 bridgehead atoms. The van der Waals surface area contributed by atoms with Gasteiger partial charge in [0.2, 0.25) is 0 Å². The molecule has 1 aliphatic carbocycles. The molecule has 1 aliphatic rings. The number of benzene rings is 1. The fourth-order valence-corrected chi connectivity index (χ4v) is 1.38. The molecule has 2 rings (SSSR count). The molecule has 0 spiro atoms. The zero-order chi connectivity index (χ0) is 7.90. The molecule has 0 aliphatic heterocycles. The van der Waals surface area contributed by atoms with Gasteiger partial charge in [-0.3, -0.25) is 0 Å².